The zero-order chi connectivity index (χ0) is 15.1. The summed E-state index contributed by atoms with van der Waals surface area (Å²) in [6.07, 6.45) is 1.14. The van der Waals surface area contributed by atoms with Crippen molar-refractivity contribution in [1.29, 1.82) is 0 Å². The lowest BCUT2D eigenvalue weighted by molar-refractivity contribution is 0.0921. The maximum Gasteiger partial charge on any atom is 0.180 e. The predicted octanol–water partition coefficient (Wildman–Crippen LogP) is 3.55. The third-order valence-corrected chi connectivity index (χ3v) is 3.74. The maximum atomic E-state index is 12.5. The number of likely N-dealkylation sites (N-methyl/N-ethyl adjacent to an activating group) is 1. The van der Waals surface area contributed by atoms with E-state index in [9.17, 15) is 4.79 Å². The Hall–Kier alpha value is -1.35. The summed E-state index contributed by atoms with van der Waals surface area (Å²) in [4.78, 5) is 14.7. The van der Waals surface area contributed by atoms with Crippen molar-refractivity contribution in [3.8, 4) is 5.75 Å². The van der Waals surface area contributed by atoms with Crippen LogP contribution >= 0.6 is 0 Å². The Morgan fingerprint density at radius 2 is 2.05 bits per heavy atom. The molecule has 0 aromatic heterocycles. The SMILES string of the molecule is CCC(C)CN(CC)CC(=O)c1ccc(C)cc1OC. The van der Waals surface area contributed by atoms with Gasteiger partial charge >= 0.3 is 0 Å². The van der Waals surface area contributed by atoms with Crippen LogP contribution in [-0.4, -0.2) is 37.4 Å². The molecule has 0 amide bonds. The van der Waals surface area contributed by atoms with Crippen LogP contribution in [0.2, 0.25) is 0 Å². The number of aryl methyl sites for hydroxylation is 1. The first-order valence-corrected chi connectivity index (χ1v) is 7.41. The lowest BCUT2D eigenvalue weighted by atomic mass is 10.1. The molecule has 1 unspecified atom stereocenters. The normalized spacial score (nSPS) is 12.5. The van der Waals surface area contributed by atoms with E-state index in [0.717, 1.165) is 25.1 Å². The Kier molecular flexibility index (Phi) is 6.73. The molecular weight excluding hydrogens is 250 g/mol. The van der Waals surface area contributed by atoms with Gasteiger partial charge in [-0.3, -0.25) is 9.69 Å². The minimum Gasteiger partial charge on any atom is -0.496 e. The third kappa shape index (κ3) is 4.64. The van der Waals surface area contributed by atoms with Gasteiger partial charge in [-0.05, 0) is 37.1 Å². The molecule has 0 aliphatic carbocycles. The van der Waals surface area contributed by atoms with Crippen molar-refractivity contribution >= 4 is 5.78 Å². The van der Waals surface area contributed by atoms with Crippen molar-refractivity contribution < 1.29 is 9.53 Å². The molecule has 3 nitrogen and oxygen atoms in total. The van der Waals surface area contributed by atoms with E-state index < -0.39 is 0 Å². The molecule has 1 aromatic rings. The molecule has 0 heterocycles. The Balaban J connectivity index is 2.79. The lowest BCUT2D eigenvalue weighted by Gasteiger charge is -2.23. The summed E-state index contributed by atoms with van der Waals surface area (Å²) < 4.78 is 5.33. The summed E-state index contributed by atoms with van der Waals surface area (Å²) in [5, 5.41) is 0. The number of carbonyl (C=O) groups is 1. The molecule has 0 saturated carbocycles. The van der Waals surface area contributed by atoms with Gasteiger partial charge in [0, 0.05) is 6.54 Å². The van der Waals surface area contributed by atoms with Gasteiger partial charge in [-0.25, -0.2) is 0 Å². The van der Waals surface area contributed by atoms with Crippen molar-refractivity contribution in [2.24, 2.45) is 5.92 Å². The topological polar surface area (TPSA) is 29.5 Å². The van der Waals surface area contributed by atoms with Crippen LogP contribution in [0.25, 0.3) is 0 Å². The average Bonchev–Trinajstić information content (AvgIpc) is 2.45. The number of hydrogen-bond donors (Lipinski definition) is 0. The van der Waals surface area contributed by atoms with Crippen LogP contribution in [-0.2, 0) is 0 Å². The smallest absolute Gasteiger partial charge is 0.180 e. The van der Waals surface area contributed by atoms with Crippen LogP contribution in [0.5, 0.6) is 5.75 Å². The van der Waals surface area contributed by atoms with Crippen molar-refractivity contribution in [2.75, 3.05) is 26.7 Å². The number of benzene rings is 1. The summed E-state index contributed by atoms with van der Waals surface area (Å²) in [5.74, 6) is 1.42. The fourth-order valence-corrected chi connectivity index (χ4v) is 2.19. The number of carbonyl (C=O) groups excluding carboxylic acids is 1. The minimum absolute atomic E-state index is 0.131. The quantitative estimate of drug-likeness (QED) is 0.681. The van der Waals surface area contributed by atoms with Crippen molar-refractivity contribution in [3.63, 3.8) is 0 Å². The second-order valence-electron chi connectivity index (χ2n) is 5.47. The van der Waals surface area contributed by atoms with E-state index in [4.69, 9.17) is 4.74 Å². The summed E-state index contributed by atoms with van der Waals surface area (Å²) >= 11 is 0. The zero-order valence-corrected chi connectivity index (χ0v) is 13.4. The highest BCUT2D eigenvalue weighted by Gasteiger charge is 2.16. The molecule has 0 aliphatic heterocycles. The standard InChI is InChI=1S/C17H27NO2/c1-6-13(3)11-18(7-2)12-16(19)15-9-8-14(4)10-17(15)20-5/h8-10,13H,6-7,11-12H2,1-5H3. The van der Waals surface area contributed by atoms with Crippen LogP contribution < -0.4 is 4.74 Å². The number of hydrogen-bond acceptors (Lipinski definition) is 3. The minimum atomic E-state index is 0.131. The number of Topliss-reactive ketones (excluding diaryl/α,β-unsaturated/α-hetero) is 1. The van der Waals surface area contributed by atoms with E-state index in [1.807, 2.05) is 25.1 Å². The molecule has 0 aliphatic rings. The highest BCUT2D eigenvalue weighted by Crippen LogP contribution is 2.21. The molecule has 1 rings (SSSR count). The van der Waals surface area contributed by atoms with Gasteiger partial charge in [0.2, 0.25) is 0 Å². The summed E-state index contributed by atoms with van der Waals surface area (Å²) in [6.45, 7) is 10.8. The highest BCUT2D eigenvalue weighted by atomic mass is 16.5. The first-order valence-electron chi connectivity index (χ1n) is 7.41. The maximum absolute atomic E-state index is 12.5. The second-order valence-corrected chi connectivity index (χ2v) is 5.47. The van der Waals surface area contributed by atoms with Crippen LogP contribution in [0.3, 0.4) is 0 Å². The number of methoxy groups -OCH3 is 1. The molecule has 3 heteroatoms. The molecule has 0 saturated heterocycles. The molecule has 1 aromatic carbocycles. The van der Waals surface area contributed by atoms with Crippen molar-refractivity contribution in [3.05, 3.63) is 29.3 Å². The van der Waals surface area contributed by atoms with Gasteiger partial charge < -0.3 is 4.74 Å². The van der Waals surface area contributed by atoms with E-state index in [0.29, 0.717) is 23.8 Å². The Labute approximate surface area is 122 Å². The molecule has 0 radical (unpaired) electrons. The molecule has 0 N–H and O–H groups in total. The van der Waals surface area contributed by atoms with Gasteiger partial charge in [0.1, 0.15) is 5.75 Å². The average molecular weight is 277 g/mol. The number of nitrogens with zero attached hydrogens (tertiary/aromatic N) is 1. The molecule has 0 spiro atoms. The second kappa shape index (κ2) is 8.05. The van der Waals surface area contributed by atoms with Crippen LogP contribution in [0.1, 0.15) is 43.1 Å². The molecule has 0 bridgehead atoms. The monoisotopic (exact) mass is 277 g/mol. The van der Waals surface area contributed by atoms with E-state index in [1.54, 1.807) is 7.11 Å². The molecule has 1 atom stereocenters. The van der Waals surface area contributed by atoms with E-state index >= 15 is 0 Å². The van der Waals surface area contributed by atoms with Crippen molar-refractivity contribution in [2.45, 2.75) is 34.1 Å². The van der Waals surface area contributed by atoms with Crippen LogP contribution in [0.4, 0.5) is 0 Å². The first kappa shape index (κ1) is 16.7. The van der Waals surface area contributed by atoms with Crippen LogP contribution in [0, 0.1) is 12.8 Å². The van der Waals surface area contributed by atoms with E-state index in [-0.39, 0.29) is 5.78 Å². The molecule has 112 valence electrons. The van der Waals surface area contributed by atoms with Gasteiger partial charge in [-0.1, -0.05) is 33.3 Å². The molecule has 0 fully saturated rings. The fraction of sp³-hybridized carbons (Fsp3) is 0.588. The Morgan fingerprint density at radius 1 is 1.35 bits per heavy atom. The largest absolute Gasteiger partial charge is 0.496 e. The van der Waals surface area contributed by atoms with Crippen molar-refractivity contribution in [1.82, 2.24) is 4.90 Å². The van der Waals surface area contributed by atoms with E-state index in [1.165, 1.54) is 0 Å². The fourth-order valence-electron chi connectivity index (χ4n) is 2.19. The summed E-state index contributed by atoms with van der Waals surface area (Å²) in [6, 6.07) is 5.74. The van der Waals surface area contributed by atoms with E-state index in [2.05, 4.69) is 25.7 Å². The molecular formula is C17H27NO2. The predicted molar refractivity (Wildman–Crippen MR) is 83.6 cm³/mol. The summed E-state index contributed by atoms with van der Waals surface area (Å²) in [7, 11) is 1.61. The third-order valence-electron chi connectivity index (χ3n) is 3.74. The van der Waals surface area contributed by atoms with Gasteiger partial charge in [0.05, 0.1) is 19.2 Å². The number of rotatable bonds is 8. The zero-order valence-electron chi connectivity index (χ0n) is 13.4. The molecule has 20 heavy (non-hydrogen) atoms. The van der Waals surface area contributed by atoms with Gasteiger partial charge in [0.15, 0.2) is 5.78 Å². The number of ketones is 1. The highest BCUT2D eigenvalue weighted by molar-refractivity contribution is 6.00. The Morgan fingerprint density at radius 3 is 2.60 bits per heavy atom. The lowest BCUT2D eigenvalue weighted by Crippen LogP contribution is -2.33. The van der Waals surface area contributed by atoms with Gasteiger partial charge in [-0.15, -0.1) is 0 Å². The number of ether oxygens (including phenoxy) is 1. The van der Waals surface area contributed by atoms with Crippen LogP contribution in [0.15, 0.2) is 18.2 Å². The first-order chi connectivity index (χ1) is 9.51. The summed E-state index contributed by atoms with van der Waals surface area (Å²) in [5.41, 5.74) is 1.78. The Bertz CT molecular complexity index is 443. The van der Waals surface area contributed by atoms with Gasteiger partial charge in [-0.2, -0.15) is 0 Å². The van der Waals surface area contributed by atoms with Gasteiger partial charge in [0.25, 0.3) is 0 Å².